The van der Waals surface area contributed by atoms with Crippen molar-refractivity contribution in [1.29, 1.82) is 0 Å². The number of hydrogen-bond donors (Lipinski definition) is 1. The molecule has 0 saturated carbocycles. The van der Waals surface area contributed by atoms with Gasteiger partial charge in [0.25, 0.3) is 5.91 Å². The number of ether oxygens (including phenoxy) is 1. The summed E-state index contributed by atoms with van der Waals surface area (Å²) >= 11 is 0. The average molecular weight is 309 g/mol. The zero-order valence-corrected chi connectivity index (χ0v) is 12.0. The summed E-state index contributed by atoms with van der Waals surface area (Å²) in [6.07, 6.45) is -4.42. The number of carbonyl (C=O) groups excluding carboxylic acids is 1. The topological polar surface area (TPSA) is 38.3 Å². The molecule has 2 aromatic carbocycles. The highest BCUT2D eigenvalue weighted by Gasteiger charge is 2.30. The maximum Gasteiger partial charge on any atom is 0.416 e. The van der Waals surface area contributed by atoms with Gasteiger partial charge in [0.2, 0.25) is 0 Å². The number of nitrogens with one attached hydrogen (secondary N) is 1. The highest BCUT2D eigenvalue weighted by molar-refractivity contribution is 6.05. The Labute approximate surface area is 125 Å². The SMILES string of the molecule is COc1ccc(C)cc1NC(=O)c1ccc(C(F)(F)F)cc1. The Morgan fingerprint density at radius 3 is 2.27 bits per heavy atom. The second-order valence-electron chi connectivity index (χ2n) is 4.73. The molecule has 0 aliphatic rings. The Balaban J connectivity index is 2.21. The molecule has 22 heavy (non-hydrogen) atoms. The van der Waals surface area contributed by atoms with Gasteiger partial charge in [-0.3, -0.25) is 4.79 Å². The first-order valence-electron chi connectivity index (χ1n) is 6.44. The van der Waals surface area contributed by atoms with Crippen molar-refractivity contribution >= 4 is 11.6 Å². The van der Waals surface area contributed by atoms with E-state index in [2.05, 4.69) is 5.32 Å². The largest absolute Gasteiger partial charge is 0.495 e. The molecule has 0 aliphatic carbocycles. The van der Waals surface area contributed by atoms with Gasteiger partial charge in [-0.15, -0.1) is 0 Å². The summed E-state index contributed by atoms with van der Waals surface area (Å²) in [7, 11) is 1.47. The summed E-state index contributed by atoms with van der Waals surface area (Å²) in [6.45, 7) is 1.85. The first kappa shape index (κ1) is 15.9. The van der Waals surface area contributed by atoms with Crippen LogP contribution in [-0.4, -0.2) is 13.0 Å². The van der Waals surface area contributed by atoms with Gasteiger partial charge in [0.1, 0.15) is 5.75 Å². The van der Waals surface area contributed by atoms with Gasteiger partial charge in [0, 0.05) is 5.56 Å². The zero-order chi connectivity index (χ0) is 16.3. The molecule has 0 atom stereocenters. The predicted octanol–water partition coefficient (Wildman–Crippen LogP) is 4.27. The van der Waals surface area contributed by atoms with E-state index in [4.69, 9.17) is 4.74 Å². The highest BCUT2D eigenvalue weighted by Crippen LogP contribution is 2.29. The van der Waals surface area contributed by atoms with Crippen LogP contribution < -0.4 is 10.1 Å². The minimum absolute atomic E-state index is 0.136. The van der Waals surface area contributed by atoms with Gasteiger partial charge in [0.05, 0.1) is 18.4 Å². The third kappa shape index (κ3) is 3.58. The molecule has 2 rings (SSSR count). The summed E-state index contributed by atoms with van der Waals surface area (Å²) in [5.74, 6) is -0.0245. The summed E-state index contributed by atoms with van der Waals surface area (Å²) in [4.78, 5) is 12.1. The lowest BCUT2D eigenvalue weighted by atomic mass is 10.1. The van der Waals surface area contributed by atoms with Crippen molar-refractivity contribution in [3.63, 3.8) is 0 Å². The molecule has 1 N–H and O–H groups in total. The molecule has 116 valence electrons. The molecule has 0 fully saturated rings. The van der Waals surface area contributed by atoms with Crippen LogP contribution in [0.5, 0.6) is 5.75 Å². The second-order valence-corrected chi connectivity index (χ2v) is 4.73. The standard InChI is InChI=1S/C16H14F3NO2/c1-10-3-8-14(22-2)13(9-10)20-15(21)11-4-6-12(7-5-11)16(17,18)19/h3-9H,1-2H3,(H,20,21). The minimum Gasteiger partial charge on any atom is -0.495 e. The van der Waals surface area contributed by atoms with Crippen molar-refractivity contribution in [2.75, 3.05) is 12.4 Å². The van der Waals surface area contributed by atoms with Crippen LogP contribution in [0.2, 0.25) is 0 Å². The van der Waals surface area contributed by atoms with Gasteiger partial charge in [-0.1, -0.05) is 6.07 Å². The number of hydrogen-bond acceptors (Lipinski definition) is 2. The molecule has 0 radical (unpaired) electrons. The third-order valence-corrected chi connectivity index (χ3v) is 3.08. The van der Waals surface area contributed by atoms with Gasteiger partial charge in [-0.2, -0.15) is 13.2 Å². The van der Waals surface area contributed by atoms with Gasteiger partial charge < -0.3 is 10.1 Å². The molecule has 0 saturated heterocycles. The van der Waals surface area contributed by atoms with Crippen LogP contribution >= 0.6 is 0 Å². The number of alkyl halides is 3. The molecule has 0 heterocycles. The molecule has 0 spiro atoms. The van der Waals surface area contributed by atoms with E-state index in [1.54, 1.807) is 12.1 Å². The molecule has 0 unspecified atom stereocenters. The second kappa shape index (κ2) is 6.09. The number of amides is 1. The highest BCUT2D eigenvalue weighted by atomic mass is 19.4. The molecule has 0 bridgehead atoms. The number of halogens is 3. The first-order chi connectivity index (χ1) is 10.3. The van der Waals surface area contributed by atoms with Gasteiger partial charge in [-0.25, -0.2) is 0 Å². The summed E-state index contributed by atoms with van der Waals surface area (Å²) < 4.78 is 42.6. The molecule has 0 aromatic heterocycles. The lowest BCUT2D eigenvalue weighted by Crippen LogP contribution is -2.13. The monoisotopic (exact) mass is 309 g/mol. The van der Waals surface area contributed by atoms with Crippen LogP contribution in [0, 0.1) is 6.92 Å². The summed E-state index contributed by atoms with van der Waals surface area (Å²) in [6, 6.07) is 9.29. The van der Waals surface area contributed by atoms with Crippen LogP contribution in [0.4, 0.5) is 18.9 Å². The van der Waals surface area contributed by atoms with Crippen LogP contribution in [0.25, 0.3) is 0 Å². The number of methoxy groups -OCH3 is 1. The summed E-state index contributed by atoms with van der Waals surface area (Å²) in [5, 5.41) is 2.63. The van der Waals surface area contributed by atoms with Crippen molar-refractivity contribution < 1.29 is 22.7 Å². The lowest BCUT2D eigenvalue weighted by Gasteiger charge is -2.12. The van der Waals surface area contributed by atoms with E-state index < -0.39 is 17.6 Å². The fourth-order valence-corrected chi connectivity index (χ4v) is 1.92. The zero-order valence-electron chi connectivity index (χ0n) is 12.0. The van der Waals surface area contributed by atoms with Gasteiger partial charge in [-0.05, 0) is 48.9 Å². The fraction of sp³-hybridized carbons (Fsp3) is 0.188. The maximum atomic E-state index is 12.5. The fourth-order valence-electron chi connectivity index (χ4n) is 1.92. The summed E-state index contributed by atoms with van der Waals surface area (Å²) in [5.41, 5.74) is 0.727. The normalized spacial score (nSPS) is 11.1. The van der Waals surface area contributed by atoms with Crippen LogP contribution in [0.1, 0.15) is 21.5 Å². The molecule has 2 aromatic rings. The number of carbonyl (C=O) groups is 1. The number of aryl methyl sites for hydroxylation is 1. The van der Waals surface area contributed by atoms with E-state index in [0.29, 0.717) is 11.4 Å². The van der Waals surface area contributed by atoms with Crippen molar-refractivity contribution in [1.82, 2.24) is 0 Å². The average Bonchev–Trinajstić information content (AvgIpc) is 2.46. The quantitative estimate of drug-likeness (QED) is 0.919. The number of benzene rings is 2. The van der Waals surface area contributed by atoms with Crippen molar-refractivity contribution in [2.45, 2.75) is 13.1 Å². The van der Waals surface area contributed by atoms with E-state index in [1.807, 2.05) is 13.0 Å². The molecule has 3 nitrogen and oxygen atoms in total. The number of anilines is 1. The van der Waals surface area contributed by atoms with Crippen LogP contribution in [0.15, 0.2) is 42.5 Å². The smallest absolute Gasteiger partial charge is 0.416 e. The number of rotatable bonds is 3. The Morgan fingerprint density at radius 2 is 1.73 bits per heavy atom. The van der Waals surface area contributed by atoms with Crippen molar-refractivity contribution in [3.8, 4) is 5.75 Å². The third-order valence-electron chi connectivity index (χ3n) is 3.08. The first-order valence-corrected chi connectivity index (χ1v) is 6.44. The molecule has 0 aliphatic heterocycles. The minimum atomic E-state index is -4.42. The van der Waals surface area contributed by atoms with Crippen LogP contribution in [0.3, 0.4) is 0 Å². The Morgan fingerprint density at radius 1 is 1.09 bits per heavy atom. The molecular weight excluding hydrogens is 295 g/mol. The Bertz CT molecular complexity index is 679. The van der Waals surface area contributed by atoms with Crippen molar-refractivity contribution in [3.05, 3.63) is 59.2 Å². The molecule has 6 heteroatoms. The molecular formula is C16H14F3NO2. The maximum absolute atomic E-state index is 12.5. The van der Waals surface area contributed by atoms with E-state index in [9.17, 15) is 18.0 Å². The van der Waals surface area contributed by atoms with Crippen LogP contribution in [-0.2, 0) is 6.18 Å². The van der Waals surface area contributed by atoms with Gasteiger partial charge in [0.15, 0.2) is 0 Å². The van der Waals surface area contributed by atoms with Gasteiger partial charge >= 0.3 is 6.18 Å². The Hall–Kier alpha value is -2.50. The van der Waals surface area contributed by atoms with E-state index in [-0.39, 0.29) is 5.56 Å². The van der Waals surface area contributed by atoms with E-state index in [1.165, 1.54) is 7.11 Å². The van der Waals surface area contributed by atoms with Crippen molar-refractivity contribution in [2.24, 2.45) is 0 Å². The van der Waals surface area contributed by atoms with E-state index in [0.717, 1.165) is 29.8 Å². The molecule has 1 amide bonds. The predicted molar refractivity (Wildman–Crippen MR) is 77.1 cm³/mol. The Kier molecular flexibility index (Phi) is 4.40. The lowest BCUT2D eigenvalue weighted by molar-refractivity contribution is -0.137. The van der Waals surface area contributed by atoms with E-state index >= 15 is 0 Å².